The van der Waals surface area contributed by atoms with Gasteiger partial charge in [0.1, 0.15) is 11.5 Å². The van der Waals surface area contributed by atoms with Crippen LogP contribution < -0.4 is 14.8 Å². The number of benzene rings is 2. The topological polar surface area (TPSA) is 47.6 Å². The summed E-state index contributed by atoms with van der Waals surface area (Å²) in [6.45, 7) is 2.05. The number of hydrogen-bond donors (Lipinski definition) is 1. The van der Waals surface area contributed by atoms with Crippen LogP contribution in [0.1, 0.15) is 22.8 Å². The number of para-hydroxylation sites is 1. The number of aryl methyl sites for hydroxylation is 1. The van der Waals surface area contributed by atoms with E-state index in [9.17, 15) is 4.79 Å². The first kappa shape index (κ1) is 14.9. The summed E-state index contributed by atoms with van der Waals surface area (Å²) in [5, 5.41) is 2.93. The van der Waals surface area contributed by atoms with E-state index >= 15 is 0 Å². The number of methoxy groups -OCH3 is 2. The van der Waals surface area contributed by atoms with E-state index in [4.69, 9.17) is 9.47 Å². The predicted octanol–water partition coefficient (Wildman–Crippen LogP) is 3.52. The molecule has 2 rings (SSSR count). The lowest BCUT2D eigenvalue weighted by Crippen LogP contribution is -2.14. The Hall–Kier alpha value is -2.49. The molecule has 0 radical (unpaired) electrons. The first-order chi connectivity index (χ1) is 10.2. The molecule has 0 aliphatic rings. The Kier molecular flexibility index (Phi) is 4.82. The maximum atomic E-state index is 12.5. The number of carbonyl (C=O) groups excluding carboxylic acids is 1. The summed E-state index contributed by atoms with van der Waals surface area (Å²) in [6.07, 6.45) is 0.853. The molecule has 0 aliphatic heterocycles. The molecule has 0 unspecified atom stereocenters. The van der Waals surface area contributed by atoms with Crippen molar-refractivity contribution in [2.24, 2.45) is 0 Å². The standard InChI is InChI=1S/C17H19NO3/c1-4-12-7-5-6-8-15(12)18-17(19)14-11-13(20-2)9-10-16(14)21-3/h5-11H,4H2,1-3H3,(H,18,19). The largest absolute Gasteiger partial charge is 0.497 e. The van der Waals surface area contributed by atoms with E-state index in [1.165, 1.54) is 0 Å². The number of anilines is 1. The number of nitrogens with one attached hydrogen (secondary N) is 1. The van der Waals surface area contributed by atoms with Gasteiger partial charge in [0.15, 0.2) is 0 Å². The average molecular weight is 285 g/mol. The Morgan fingerprint density at radius 1 is 1.10 bits per heavy atom. The van der Waals surface area contributed by atoms with Crippen LogP contribution in [-0.2, 0) is 6.42 Å². The van der Waals surface area contributed by atoms with Gasteiger partial charge in [0.25, 0.3) is 5.91 Å². The van der Waals surface area contributed by atoms with Crippen molar-refractivity contribution in [3.05, 3.63) is 53.6 Å². The molecular formula is C17H19NO3. The fraction of sp³-hybridized carbons (Fsp3) is 0.235. The fourth-order valence-corrected chi connectivity index (χ4v) is 2.13. The monoisotopic (exact) mass is 285 g/mol. The van der Waals surface area contributed by atoms with Gasteiger partial charge in [-0.05, 0) is 36.2 Å². The van der Waals surface area contributed by atoms with Gasteiger partial charge in [-0.2, -0.15) is 0 Å². The minimum atomic E-state index is -0.216. The molecule has 0 bridgehead atoms. The van der Waals surface area contributed by atoms with Gasteiger partial charge in [-0.25, -0.2) is 0 Å². The molecular weight excluding hydrogens is 266 g/mol. The smallest absolute Gasteiger partial charge is 0.259 e. The fourth-order valence-electron chi connectivity index (χ4n) is 2.13. The summed E-state index contributed by atoms with van der Waals surface area (Å²) >= 11 is 0. The van der Waals surface area contributed by atoms with Crippen molar-refractivity contribution in [3.8, 4) is 11.5 Å². The number of amides is 1. The second kappa shape index (κ2) is 6.79. The summed E-state index contributed by atoms with van der Waals surface area (Å²) in [6, 6.07) is 12.9. The number of hydrogen-bond acceptors (Lipinski definition) is 3. The lowest BCUT2D eigenvalue weighted by atomic mass is 10.1. The molecule has 21 heavy (non-hydrogen) atoms. The summed E-state index contributed by atoms with van der Waals surface area (Å²) in [5.41, 5.74) is 2.35. The Labute approximate surface area is 124 Å². The molecule has 0 fully saturated rings. The molecule has 0 saturated heterocycles. The van der Waals surface area contributed by atoms with Crippen LogP contribution in [0.3, 0.4) is 0 Å². The van der Waals surface area contributed by atoms with Crippen LogP contribution in [-0.4, -0.2) is 20.1 Å². The van der Waals surface area contributed by atoms with Crippen LogP contribution in [0.2, 0.25) is 0 Å². The minimum absolute atomic E-state index is 0.216. The number of carbonyl (C=O) groups is 1. The van der Waals surface area contributed by atoms with Crippen molar-refractivity contribution in [2.45, 2.75) is 13.3 Å². The van der Waals surface area contributed by atoms with Gasteiger partial charge in [-0.15, -0.1) is 0 Å². The van der Waals surface area contributed by atoms with Gasteiger partial charge in [0.2, 0.25) is 0 Å². The molecule has 4 heteroatoms. The van der Waals surface area contributed by atoms with Crippen LogP contribution in [0.25, 0.3) is 0 Å². The lowest BCUT2D eigenvalue weighted by molar-refractivity contribution is 0.102. The van der Waals surface area contributed by atoms with Crippen LogP contribution >= 0.6 is 0 Å². The Bertz CT molecular complexity index is 638. The van der Waals surface area contributed by atoms with Crippen molar-refractivity contribution in [3.63, 3.8) is 0 Å². The average Bonchev–Trinajstić information content (AvgIpc) is 2.54. The number of rotatable bonds is 5. The predicted molar refractivity (Wildman–Crippen MR) is 83.3 cm³/mol. The highest BCUT2D eigenvalue weighted by atomic mass is 16.5. The molecule has 0 spiro atoms. The van der Waals surface area contributed by atoms with Crippen molar-refractivity contribution in [1.82, 2.24) is 0 Å². The van der Waals surface area contributed by atoms with E-state index in [0.717, 1.165) is 17.7 Å². The van der Waals surface area contributed by atoms with Gasteiger partial charge in [0, 0.05) is 5.69 Å². The van der Waals surface area contributed by atoms with Crippen LogP contribution in [0.15, 0.2) is 42.5 Å². The lowest BCUT2D eigenvalue weighted by Gasteiger charge is -2.13. The first-order valence-corrected chi connectivity index (χ1v) is 6.80. The first-order valence-electron chi connectivity index (χ1n) is 6.80. The van der Waals surface area contributed by atoms with Crippen molar-refractivity contribution >= 4 is 11.6 Å². The molecule has 2 aromatic rings. The van der Waals surface area contributed by atoms with E-state index in [1.807, 2.05) is 24.3 Å². The van der Waals surface area contributed by atoms with Gasteiger partial charge < -0.3 is 14.8 Å². The van der Waals surface area contributed by atoms with E-state index in [1.54, 1.807) is 32.4 Å². The summed E-state index contributed by atoms with van der Waals surface area (Å²) in [5.74, 6) is 0.915. The van der Waals surface area contributed by atoms with Gasteiger partial charge in [-0.1, -0.05) is 25.1 Å². The third-order valence-corrected chi connectivity index (χ3v) is 3.30. The highest BCUT2D eigenvalue weighted by Crippen LogP contribution is 2.25. The van der Waals surface area contributed by atoms with E-state index in [-0.39, 0.29) is 5.91 Å². The zero-order valence-electron chi connectivity index (χ0n) is 12.5. The van der Waals surface area contributed by atoms with Gasteiger partial charge >= 0.3 is 0 Å². The Morgan fingerprint density at radius 2 is 1.86 bits per heavy atom. The highest BCUT2D eigenvalue weighted by Gasteiger charge is 2.14. The van der Waals surface area contributed by atoms with E-state index in [2.05, 4.69) is 12.2 Å². The second-order valence-electron chi connectivity index (χ2n) is 4.53. The molecule has 0 heterocycles. The van der Waals surface area contributed by atoms with Crippen LogP contribution in [0.4, 0.5) is 5.69 Å². The molecule has 4 nitrogen and oxygen atoms in total. The minimum Gasteiger partial charge on any atom is -0.497 e. The summed E-state index contributed by atoms with van der Waals surface area (Å²) in [7, 11) is 3.11. The molecule has 0 atom stereocenters. The highest BCUT2D eigenvalue weighted by molar-refractivity contribution is 6.06. The van der Waals surface area contributed by atoms with Gasteiger partial charge in [-0.3, -0.25) is 4.79 Å². The number of ether oxygens (including phenoxy) is 2. The molecule has 1 N–H and O–H groups in total. The summed E-state index contributed by atoms with van der Waals surface area (Å²) < 4.78 is 10.4. The molecule has 1 amide bonds. The van der Waals surface area contributed by atoms with Crippen LogP contribution in [0, 0.1) is 0 Å². The normalized spacial score (nSPS) is 10.0. The second-order valence-corrected chi connectivity index (χ2v) is 4.53. The zero-order chi connectivity index (χ0) is 15.2. The molecule has 0 aliphatic carbocycles. The van der Waals surface area contributed by atoms with Gasteiger partial charge in [0.05, 0.1) is 19.8 Å². The SMILES string of the molecule is CCc1ccccc1NC(=O)c1cc(OC)ccc1OC. The Morgan fingerprint density at radius 3 is 2.52 bits per heavy atom. The van der Waals surface area contributed by atoms with E-state index in [0.29, 0.717) is 17.1 Å². The quantitative estimate of drug-likeness (QED) is 0.914. The van der Waals surface area contributed by atoms with Crippen molar-refractivity contribution < 1.29 is 14.3 Å². The third kappa shape index (κ3) is 3.34. The van der Waals surface area contributed by atoms with E-state index < -0.39 is 0 Å². The molecule has 2 aromatic carbocycles. The maximum absolute atomic E-state index is 12.5. The maximum Gasteiger partial charge on any atom is 0.259 e. The molecule has 110 valence electrons. The summed E-state index contributed by atoms with van der Waals surface area (Å²) in [4.78, 5) is 12.5. The molecule has 0 saturated carbocycles. The molecule has 0 aromatic heterocycles. The van der Waals surface area contributed by atoms with Crippen molar-refractivity contribution in [1.29, 1.82) is 0 Å². The van der Waals surface area contributed by atoms with Crippen LogP contribution in [0.5, 0.6) is 11.5 Å². The van der Waals surface area contributed by atoms with Crippen molar-refractivity contribution in [2.75, 3.05) is 19.5 Å². The third-order valence-electron chi connectivity index (χ3n) is 3.30. The zero-order valence-corrected chi connectivity index (χ0v) is 12.5. The Balaban J connectivity index is 2.31.